The zero-order chi connectivity index (χ0) is 14.2. The van der Waals surface area contributed by atoms with Crippen LogP contribution >= 0.6 is 0 Å². The molecule has 2 fully saturated rings. The van der Waals surface area contributed by atoms with Gasteiger partial charge in [0, 0.05) is 13.1 Å². The summed E-state index contributed by atoms with van der Waals surface area (Å²) in [5.74, 6) is 2.21. The number of anilines is 1. The van der Waals surface area contributed by atoms with E-state index in [1.54, 1.807) is 0 Å². The van der Waals surface area contributed by atoms with Crippen LogP contribution in [0.4, 0.5) is 5.95 Å². The average Bonchev–Trinajstić information content (AvgIpc) is 2.36. The minimum Gasteiger partial charge on any atom is -0.341 e. The fraction of sp³-hybridized carbons (Fsp3) is 0.692. The van der Waals surface area contributed by atoms with Gasteiger partial charge in [-0.25, -0.2) is 23.5 Å². The number of sulfonamides is 1. The average molecular weight is 296 g/mol. The predicted octanol–water partition coefficient (Wildman–Crippen LogP) is 1.14. The minimum atomic E-state index is -3.71. The highest BCUT2D eigenvalue weighted by Gasteiger charge is 2.31. The van der Waals surface area contributed by atoms with Crippen LogP contribution in [-0.4, -0.2) is 31.5 Å². The molecule has 3 rings (SSSR count). The van der Waals surface area contributed by atoms with Gasteiger partial charge in [0.25, 0.3) is 0 Å². The number of nitrogens with zero attached hydrogens (tertiary/aromatic N) is 3. The lowest BCUT2D eigenvalue weighted by molar-refractivity contribution is 0.183. The maximum Gasteiger partial charge on any atom is 0.241 e. The van der Waals surface area contributed by atoms with Gasteiger partial charge in [-0.2, -0.15) is 0 Å². The Morgan fingerprint density at radius 2 is 1.75 bits per heavy atom. The van der Waals surface area contributed by atoms with Crippen molar-refractivity contribution in [3.8, 4) is 0 Å². The van der Waals surface area contributed by atoms with E-state index in [9.17, 15) is 8.42 Å². The van der Waals surface area contributed by atoms with Crippen molar-refractivity contribution in [2.45, 2.75) is 37.0 Å². The van der Waals surface area contributed by atoms with E-state index in [0.717, 1.165) is 31.3 Å². The van der Waals surface area contributed by atoms with Crippen LogP contribution in [0.25, 0.3) is 0 Å². The van der Waals surface area contributed by atoms with E-state index in [1.165, 1.54) is 38.1 Å². The smallest absolute Gasteiger partial charge is 0.241 e. The molecule has 6 nitrogen and oxygen atoms in total. The van der Waals surface area contributed by atoms with E-state index in [2.05, 4.69) is 14.9 Å². The van der Waals surface area contributed by atoms with Crippen LogP contribution < -0.4 is 10.0 Å². The van der Waals surface area contributed by atoms with Crippen LogP contribution in [0.5, 0.6) is 0 Å². The van der Waals surface area contributed by atoms with Gasteiger partial charge in [-0.3, -0.25) is 0 Å². The van der Waals surface area contributed by atoms with Crippen molar-refractivity contribution in [2.75, 3.05) is 18.0 Å². The number of nitrogens with two attached hydrogens (primary N) is 1. The fourth-order valence-corrected chi connectivity index (χ4v) is 3.51. The highest BCUT2D eigenvalue weighted by atomic mass is 32.2. The summed E-state index contributed by atoms with van der Waals surface area (Å²) in [5, 5.41) is 5.05. The zero-order valence-corrected chi connectivity index (χ0v) is 12.2. The summed E-state index contributed by atoms with van der Waals surface area (Å²) in [6.07, 6.45) is 9.10. The Bertz CT molecular complexity index is 569. The van der Waals surface area contributed by atoms with Gasteiger partial charge in [0.2, 0.25) is 16.0 Å². The SMILES string of the molecule is NS(=O)(=O)c1cnc(N2CCCC(C3CCC3)C2)nc1. The number of aromatic nitrogens is 2. The van der Waals surface area contributed by atoms with E-state index < -0.39 is 10.0 Å². The molecule has 2 aliphatic rings. The number of piperidine rings is 1. The quantitative estimate of drug-likeness (QED) is 0.903. The molecule has 110 valence electrons. The molecule has 1 unspecified atom stereocenters. The van der Waals surface area contributed by atoms with Crippen LogP contribution in [0.3, 0.4) is 0 Å². The third-order valence-corrected chi connectivity index (χ3v) is 5.37. The first-order chi connectivity index (χ1) is 9.54. The topological polar surface area (TPSA) is 89.2 Å². The fourth-order valence-electron chi connectivity index (χ4n) is 3.11. The molecule has 0 aromatic carbocycles. The number of primary sulfonamides is 1. The van der Waals surface area contributed by atoms with Gasteiger partial charge >= 0.3 is 0 Å². The van der Waals surface area contributed by atoms with Crippen molar-refractivity contribution in [1.29, 1.82) is 0 Å². The molecule has 20 heavy (non-hydrogen) atoms. The maximum atomic E-state index is 11.2. The van der Waals surface area contributed by atoms with E-state index in [4.69, 9.17) is 5.14 Å². The molecule has 1 aliphatic carbocycles. The van der Waals surface area contributed by atoms with Crippen molar-refractivity contribution >= 4 is 16.0 Å². The molecule has 0 amide bonds. The van der Waals surface area contributed by atoms with Gasteiger partial charge in [0.05, 0.1) is 12.4 Å². The van der Waals surface area contributed by atoms with Gasteiger partial charge in [-0.05, 0) is 24.7 Å². The van der Waals surface area contributed by atoms with Gasteiger partial charge in [0.1, 0.15) is 4.90 Å². The molecule has 0 radical (unpaired) electrons. The largest absolute Gasteiger partial charge is 0.341 e. The van der Waals surface area contributed by atoms with Crippen molar-refractivity contribution in [3.05, 3.63) is 12.4 Å². The molecule has 7 heteroatoms. The Hall–Kier alpha value is -1.21. The predicted molar refractivity (Wildman–Crippen MR) is 75.7 cm³/mol. The van der Waals surface area contributed by atoms with Crippen molar-refractivity contribution in [2.24, 2.45) is 17.0 Å². The Labute approximate surface area is 119 Å². The molecule has 1 saturated heterocycles. The van der Waals surface area contributed by atoms with Gasteiger partial charge in [0.15, 0.2) is 0 Å². The normalized spacial score (nSPS) is 24.4. The summed E-state index contributed by atoms with van der Waals surface area (Å²) in [6.45, 7) is 1.93. The van der Waals surface area contributed by atoms with Gasteiger partial charge in [-0.15, -0.1) is 0 Å². The first-order valence-corrected chi connectivity index (χ1v) is 8.68. The van der Waals surface area contributed by atoms with Gasteiger partial charge in [-0.1, -0.05) is 19.3 Å². The van der Waals surface area contributed by atoms with Crippen molar-refractivity contribution in [1.82, 2.24) is 9.97 Å². The van der Waals surface area contributed by atoms with Crippen molar-refractivity contribution in [3.63, 3.8) is 0 Å². The summed E-state index contributed by atoms with van der Waals surface area (Å²) in [6, 6.07) is 0. The van der Waals surface area contributed by atoms with Crippen LogP contribution in [0, 0.1) is 11.8 Å². The molecule has 2 heterocycles. The molecule has 1 atom stereocenters. The monoisotopic (exact) mass is 296 g/mol. The van der Waals surface area contributed by atoms with Crippen LogP contribution in [0.15, 0.2) is 17.3 Å². The Morgan fingerprint density at radius 3 is 2.30 bits per heavy atom. The lowest BCUT2D eigenvalue weighted by Crippen LogP contribution is -2.41. The third kappa shape index (κ3) is 2.78. The van der Waals surface area contributed by atoms with Crippen LogP contribution in [-0.2, 0) is 10.0 Å². The Kier molecular flexibility index (Phi) is 3.64. The minimum absolute atomic E-state index is 0.0335. The molecule has 1 aromatic heterocycles. The zero-order valence-electron chi connectivity index (χ0n) is 11.4. The third-order valence-electron chi connectivity index (χ3n) is 4.50. The second-order valence-corrected chi connectivity index (χ2v) is 7.36. The summed E-state index contributed by atoms with van der Waals surface area (Å²) < 4.78 is 22.4. The summed E-state index contributed by atoms with van der Waals surface area (Å²) in [5.41, 5.74) is 0. The molecular formula is C13H20N4O2S. The Balaban J connectivity index is 1.71. The standard InChI is InChI=1S/C13H20N4O2S/c14-20(18,19)12-7-15-13(16-8-12)17-6-2-5-11(9-17)10-3-1-4-10/h7-8,10-11H,1-6,9H2,(H2,14,18,19). The number of hydrogen-bond acceptors (Lipinski definition) is 5. The summed E-state index contributed by atoms with van der Waals surface area (Å²) in [4.78, 5) is 10.5. The maximum absolute atomic E-state index is 11.2. The highest BCUT2D eigenvalue weighted by molar-refractivity contribution is 7.89. The second-order valence-electron chi connectivity index (χ2n) is 5.80. The van der Waals surface area contributed by atoms with E-state index in [1.807, 2.05) is 0 Å². The highest BCUT2D eigenvalue weighted by Crippen LogP contribution is 2.38. The molecule has 2 N–H and O–H groups in total. The molecule has 0 bridgehead atoms. The Morgan fingerprint density at radius 1 is 1.10 bits per heavy atom. The first kappa shape index (κ1) is 13.8. The molecule has 0 spiro atoms. The van der Waals surface area contributed by atoms with Gasteiger partial charge < -0.3 is 4.90 Å². The number of rotatable bonds is 3. The lowest BCUT2D eigenvalue weighted by atomic mass is 9.73. The molecule has 1 aromatic rings. The van der Waals surface area contributed by atoms with E-state index in [0.29, 0.717) is 5.95 Å². The molecule has 1 aliphatic heterocycles. The summed E-state index contributed by atoms with van der Waals surface area (Å²) >= 11 is 0. The first-order valence-electron chi connectivity index (χ1n) is 7.14. The summed E-state index contributed by atoms with van der Waals surface area (Å²) in [7, 11) is -3.71. The number of hydrogen-bond donors (Lipinski definition) is 1. The van der Waals surface area contributed by atoms with Crippen LogP contribution in [0.1, 0.15) is 32.1 Å². The molecular weight excluding hydrogens is 276 g/mol. The van der Waals surface area contributed by atoms with E-state index in [-0.39, 0.29) is 4.90 Å². The van der Waals surface area contributed by atoms with Crippen LogP contribution in [0.2, 0.25) is 0 Å². The van der Waals surface area contributed by atoms with E-state index >= 15 is 0 Å². The lowest BCUT2D eigenvalue weighted by Gasteiger charge is -2.40. The second kappa shape index (κ2) is 5.29. The molecule has 1 saturated carbocycles. The van der Waals surface area contributed by atoms with Crippen molar-refractivity contribution < 1.29 is 8.42 Å².